The van der Waals surface area contributed by atoms with Crippen molar-refractivity contribution in [2.24, 2.45) is 10.9 Å². The zero-order valence-electron chi connectivity index (χ0n) is 9.15. The van der Waals surface area contributed by atoms with Gasteiger partial charge in [0.05, 0.1) is 12.3 Å². The first-order valence-corrected chi connectivity index (χ1v) is 5.86. The Hall–Kier alpha value is -1.51. The predicted molar refractivity (Wildman–Crippen MR) is 62.2 cm³/mol. The fourth-order valence-corrected chi connectivity index (χ4v) is 2.45. The topological polar surface area (TPSA) is 41.8 Å². The molecule has 0 amide bonds. The maximum atomic E-state index is 9.46. The molecule has 1 saturated heterocycles. The summed E-state index contributed by atoms with van der Waals surface area (Å²) in [5.74, 6) is 1.64. The van der Waals surface area contributed by atoms with Crippen molar-refractivity contribution in [1.29, 1.82) is 0 Å². The molecule has 1 N–H and O–H groups in total. The van der Waals surface area contributed by atoms with Crippen LogP contribution in [0.2, 0.25) is 0 Å². The van der Waals surface area contributed by atoms with Gasteiger partial charge in [0.1, 0.15) is 5.75 Å². The van der Waals surface area contributed by atoms with Crippen molar-refractivity contribution < 1.29 is 9.84 Å². The van der Waals surface area contributed by atoms with Crippen LogP contribution in [0.3, 0.4) is 0 Å². The smallest absolute Gasteiger partial charge is 0.191 e. The summed E-state index contributed by atoms with van der Waals surface area (Å²) < 4.78 is 5.68. The van der Waals surface area contributed by atoms with Crippen LogP contribution in [0.25, 0.3) is 0 Å². The zero-order chi connectivity index (χ0) is 11.0. The van der Waals surface area contributed by atoms with E-state index < -0.39 is 0 Å². The number of phenols is 1. The van der Waals surface area contributed by atoms with Crippen LogP contribution < -0.4 is 0 Å². The molecule has 16 heavy (non-hydrogen) atoms. The van der Waals surface area contributed by atoms with E-state index in [2.05, 4.69) is 4.99 Å². The first kappa shape index (κ1) is 9.70. The average Bonchev–Trinajstić information content (AvgIpc) is 2.50. The van der Waals surface area contributed by atoms with Gasteiger partial charge in [-0.2, -0.15) is 0 Å². The zero-order valence-corrected chi connectivity index (χ0v) is 9.15. The number of rotatable bonds is 0. The summed E-state index contributed by atoms with van der Waals surface area (Å²) in [6, 6.07) is 5.36. The maximum absolute atomic E-state index is 9.46. The van der Waals surface area contributed by atoms with Crippen LogP contribution in [0.15, 0.2) is 23.2 Å². The molecule has 1 fully saturated rings. The van der Waals surface area contributed by atoms with Crippen molar-refractivity contribution in [1.82, 2.24) is 0 Å². The second kappa shape index (κ2) is 3.81. The molecule has 0 saturated carbocycles. The van der Waals surface area contributed by atoms with Gasteiger partial charge in [0.15, 0.2) is 5.90 Å². The van der Waals surface area contributed by atoms with Crippen molar-refractivity contribution in [3.63, 3.8) is 0 Å². The highest BCUT2D eigenvalue weighted by molar-refractivity contribution is 5.85. The van der Waals surface area contributed by atoms with E-state index in [1.165, 1.54) is 6.42 Å². The number of hydrogen-bond donors (Lipinski definition) is 1. The molecule has 0 aromatic heterocycles. The second-order valence-electron chi connectivity index (χ2n) is 4.51. The third-order valence-electron chi connectivity index (χ3n) is 3.31. The van der Waals surface area contributed by atoms with Crippen molar-refractivity contribution in [2.45, 2.75) is 25.7 Å². The third kappa shape index (κ3) is 1.66. The van der Waals surface area contributed by atoms with Gasteiger partial charge in [0, 0.05) is 5.92 Å². The van der Waals surface area contributed by atoms with Gasteiger partial charge in [-0.3, -0.25) is 0 Å². The Morgan fingerprint density at radius 1 is 1.31 bits per heavy atom. The molecular weight excluding hydrogens is 202 g/mol. The second-order valence-corrected chi connectivity index (χ2v) is 4.51. The highest BCUT2D eigenvalue weighted by atomic mass is 16.5. The number of aliphatic imine (C=N–C) groups is 1. The van der Waals surface area contributed by atoms with Crippen LogP contribution in [0.1, 0.15) is 24.8 Å². The van der Waals surface area contributed by atoms with Crippen LogP contribution in [-0.4, -0.2) is 17.6 Å². The molecule has 84 valence electrons. The Balaban J connectivity index is 1.99. The molecule has 3 heteroatoms. The largest absolute Gasteiger partial charge is 0.508 e. The number of benzene rings is 1. The summed E-state index contributed by atoms with van der Waals surface area (Å²) in [5.41, 5.74) is 2.09. The summed E-state index contributed by atoms with van der Waals surface area (Å²) in [4.78, 5) is 4.55. The van der Waals surface area contributed by atoms with E-state index in [9.17, 15) is 5.11 Å². The normalized spacial score (nSPS) is 23.5. The monoisotopic (exact) mass is 217 g/mol. The van der Waals surface area contributed by atoms with E-state index >= 15 is 0 Å². The van der Waals surface area contributed by atoms with Crippen LogP contribution in [-0.2, 0) is 11.2 Å². The lowest BCUT2D eigenvalue weighted by Gasteiger charge is -2.22. The SMILES string of the molecule is Oc1ccc2c(c1)CC1CCCCOC1=N2. The Kier molecular flexibility index (Phi) is 2.31. The number of ether oxygens (including phenoxy) is 1. The number of phenolic OH excluding ortho intramolecular Hbond substituents is 1. The average molecular weight is 217 g/mol. The van der Waals surface area contributed by atoms with Crippen molar-refractivity contribution >= 4 is 11.6 Å². The third-order valence-corrected chi connectivity index (χ3v) is 3.31. The van der Waals surface area contributed by atoms with E-state index in [0.717, 1.165) is 43.0 Å². The summed E-state index contributed by atoms with van der Waals surface area (Å²) >= 11 is 0. The van der Waals surface area contributed by atoms with E-state index in [-0.39, 0.29) is 0 Å². The molecule has 0 bridgehead atoms. The number of fused-ring (bicyclic) bond motifs is 2. The highest BCUT2D eigenvalue weighted by Gasteiger charge is 2.26. The number of aromatic hydroxyl groups is 1. The molecule has 1 atom stereocenters. The fourth-order valence-electron chi connectivity index (χ4n) is 2.45. The molecule has 1 aromatic carbocycles. The molecule has 0 aliphatic carbocycles. The number of hydrogen-bond acceptors (Lipinski definition) is 3. The lowest BCUT2D eigenvalue weighted by atomic mass is 9.91. The summed E-state index contributed by atoms with van der Waals surface area (Å²) in [6.07, 6.45) is 4.42. The van der Waals surface area contributed by atoms with Crippen LogP contribution in [0.4, 0.5) is 5.69 Å². The van der Waals surface area contributed by atoms with Gasteiger partial charge in [-0.1, -0.05) is 0 Å². The van der Waals surface area contributed by atoms with Crippen LogP contribution in [0, 0.1) is 5.92 Å². The minimum Gasteiger partial charge on any atom is -0.508 e. The first-order chi connectivity index (χ1) is 7.83. The van der Waals surface area contributed by atoms with Crippen molar-refractivity contribution in [2.75, 3.05) is 6.61 Å². The number of nitrogens with zero attached hydrogens (tertiary/aromatic N) is 1. The first-order valence-electron chi connectivity index (χ1n) is 5.86. The van der Waals surface area contributed by atoms with Crippen LogP contribution in [0.5, 0.6) is 5.75 Å². The molecule has 0 radical (unpaired) electrons. The predicted octanol–water partition coefficient (Wildman–Crippen LogP) is 2.80. The van der Waals surface area contributed by atoms with Crippen LogP contribution >= 0.6 is 0 Å². The van der Waals surface area contributed by atoms with Gasteiger partial charge < -0.3 is 9.84 Å². The van der Waals surface area contributed by atoms with E-state index in [1.807, 2.05) is 12.1 Å². The van der Waals surface area contributed by atoms with E-state index in [4.69, 9.17) is 4.74 Å². The Labute approximate surface area is 94.8 Å². The van der Waals surface area contributed by atoms with Gasteiger partial charge in [0.25, 0.3) is 0 Å². The van der Waals surface area contributed by atoms with Gasteiger partial charge in [-0.15, -0.1) is 0 Å². The molecule has 2 aliphatic rings. The molecule has 3 rings (SSSR count). The summed E-state index contributed by atoms with van der Waals surface area (Å²) in [6.45, 7) is 0.794. The van der Waals surface area contributed by atoms with E-state index in [1.54, 1.807) is 6.07 Å². The molecule has 0 spiro atoms. The molecule has 2 heterocycles. The van der Waals surface area contributed by atoms with Gasteiger partial charge in [0.2, 0.25) is 0 Å². The summed E-state index contributed by atoms with van der Waals surface area (Å²) in [5, 5.41) is 9.46. The Morgan fingerprint density at radius 2 is 2.25 bits per heavy atom. The minimum atomic E-state index is 0.326. The Morgan fingerprint density at radius 3 is 3.19 bits per heavy atom. The highest BCUT2D eigenvalue weighted by Crippen LogP contribution is 2.34. The van der Waals surface area contributed by atoms with E-state index in [0.29, 0.717) is 11.7 Å². The Bertz CT molecular complexity index is 440. The molecule has 2 aliphatic heterocycles. The summed E-state index contributed by atoms with van der Waals surface area (Å²) in [7, 11) is 0. The molecule has 1 aromatic rings. The van der Waals surface area contributed by atoms with Gasteiger partial charge >= 0.3 is 0 Å². The standard InChI is InChI=1S/C13H15NO2/c15-11-4-5-12-10(8-11)7-9-3-1-2-6-16-13(9)14-12/h4-5,8-9,15H,1-3,6-7H2. The van der Waals surface area contributed by atoms with Gasteiger partial charge in [-0.05, 0) is 49.4 Å². The maximum Gasteiger partial charge on any atom is 0.191 e. The lowest BCUT2D eigenvalue weighted by molar-refractivity contribution is 0.292. The molecular formula is C13H15NO2. The molecule has 3 nitrogen and oxygen atoms in total. The quantitative estimate of drug-likeness (QED) is 0.726. The fraction of sp³-hybridized carbons (Fsp3) is 0.462. The van der Waals surface area contributed by atoms with Crippen molar-refractivity contribution in [3.05, 3.63) is 23.8 Å². The molecule has 1 unspecified atom stereocenters. The van der Waals surface area contributed by atoms with Crippen molar-refractivity contribution in [3.8, 4) is 5.75 Å². The minimum absolute atomic E-state index is 0.326. The van der Waals surface area contributed by atoms with Gasteiger partial charge in [-0.25, -0.2) is 4.99 Å². The lowest BCUT2D eigenvalue weighted by Crippen LogP contribution is -2.21.